The van der Waals surface area contributed by atoms with Crippen LogP contribution in [0.25, 0.3) is 0 Å². The molecule has 2 aromatic rings. The zero-order valence-corrected chi connectivity index (χ0v) is 19.2. The van der Waals surface area contributed by atoms with Gasteiger partial charge in [-0.2, -0.15) is 4.98 Å². The van der Waals surface area contributed by atoms with Gasteiger partial charge in [-0.3, -0.25) is 9.89 Å². The van der Waals surface area contributed by atoms with Gasteiger partial charge in [0.1, 0.15) is 5.75 Å². The number of guanidine groups is 1. The lowest BCUT2D eigenvalue weighted by atomic mass is 10.0. The molecule has 0 amide bonds. The Morgan fingerprint density at radius 3 is 2.68 bits per heavy atom. The summed E-state index contributed by atoms with van der Waals surface area (Å²) in [6.07, 6.45) is 3.12. The third-order valence-corrected chi connectivity index (χ3v) is 5.48. The molecule has 0 saturated carbocycles. The topological polar surface area (TPSA) is 87.8 Å². The average molecular weight is 429 g/mol. The number of ether oxygens (including phenoxy) is 1. The van der Waals surface area contributed by atoms with E-state index < -0.39 is 0 Å². The van der Waals surface area contributed by atoms with Crippen molar-refractivity contribution >= 4 is 5.96 Å². The van der Waals surface area contributed by atoms with Crippen LogP contribution >= 0.6 is 0 Å². The van der Waals surface area contributed by atoms with Crippen LogP contribution in [-0.2, 0) is 6.42 Å². The summed E-state index contributed by atoms with van der Waals surface area (Å²) in [5.74, 6) is 3.38. The van der Waals surface area contributed by atoms with Gasteiger partial charge in [0.25, 0.3) is 0 Å². The standard InChI is InChI=1S/C23H36N6O2/c1-5-24-23(25-13-12-21-27-22(17(2)3)28-31-21)26-16-19(29-14-8-9-15-29)18-10-6-7-11-20(18)30-4/h6-7,10-11,17,19H,5,8-9,12-16H2,1-4H3,(H2,24,25,26). The number of nitrogens with zero attached hydrogens (tertiary/aromatic N) is 4. The van der Waals surface area contributed by atoms with Gasteiger partial charge >= 0.3 is 0 Å². The highest BCUT2D eigenvalue weighted by Crippen LogP contribution is 2.31. The van der Waals surface area contributed by atoms with Crippen molar-refractivity contribution in [3.63, 3.8) is 0 Å². The summed E-state index contributed by atoms with van der Waals surface area (Å²) in [5, 5.41) is 10.8. The molecule has 170 valence electrons. The number of aliphatic imine (C=N–C) groups is 1. The molecule has 0 bridgehead atoms. The van der Waals surface area contributed by atoms with E-state index in [9.17, 15) is 0 Å². The molecule has 3 rings (SSSR count). The van der Waals surface area contributed by atoms with Crippen molar-refractivity contribution in [2.45, 2.75) is 52.0 Å². The van der Waals surface area contributed by atoms with E-state index in [0.717, 1.165) is 37.2 Å². The highest BCUT2D eigenvalue weighted by molar-refractivity contribution is 5.79. The molecule has 1 aliphatic heterocycles. The number of nitrogens with one attached hydrogen (secondary N) is 2. The highest BCUT2D eigenvalue weighted by atomic mass is 16.5. The van der Waals surface area contributed by atoms with Crippen LogP contribution in [0.2, 0.25) is 0 Å². The molecular formula is C23H36N6O2. The smallest absolute Gasteiger partial charge is 0.228 e. The predicted molar refractivity (Wildman–Crippen MR) is 123 cm³/mol. The van der Waals surface area contributed by atoms with E-state index in [1.165, 1.54) is 18.4 Å². The second-order valence-electron chi connectivity index (χ2n) is 8.10. The molecule has 1 unspecified atom stereocenters. The Hall–Kier alpha value is -2.61. The third kappa shape index (κ3) is 6.43. The van der Waals surface area contributed by atoms with Crippen LogP contribution in [0.15, 0.2) is 33.8 Å². The fraction of sp³-hybridized carbons (Fsp3) is 0.609. The first-order valence-electron chi connectivity index (χ1n) is 11.3. The number of methoxy groups -OCH3 is 1. The van der Waals surface area contributed by atoms with Gasteiger partial charge in [0.15, 0.2) is 11.8 Å². The van der Waals surface area contributed by atoms with Gasteiger partial charge in [-0.05, 0) is 38.9 Å². The van der Waals surface area contributed by atoms with Gasteiger partial charge in [0.2, 0.25) is 5.89 Å². The lowest BCUT2D eigenvalue weighted by Crippen LogP contribution is -2.39. The van der Waals surface area contributed by atoms with Crippen molar-refractivity contribution in [1.82, 2.24) is 25.7 Å². The molecule has 1 fully saturated rings. The van der Waals surface area contributed by atoms with Crippen LogP contribution in [0.4, 0.5) is 0 Å². The Labute approximate surface area is 185 Å². The largest absolute Gasteiger partial charge is 0.496 e. The summed E-state index contributed by atoms with van der Waals surface area (Å²) in [6.45, 7) is 10.5. The number of aromatic nitrogens is 2. The van der Waals surface area contributed by atoms with E-state index in [0.29, 0.717) is 25.4 Å². The second-order valence-corrected chi connectivity index (χ2v) is 8.10. The SMILES string of the molecule is CCNC(=NCC(c1ccccc1OC)N1CCCC1)NCCc1nc(C(C)C)no1. The Morgan fingerprint density at radius 2 is 2.00 bits per heavy atom. The Kier molecular flexibility index (Phi) is 8.70. The molecule has 1 aromatic heterocycles. The zero-order chi connectivity index (χ0) is 22.1. The predicted octanol–water partition coefficient (Wildman–Crippen LogP) is 3.14. The van der Waals surface area contributed by atoms with Crippen molar-refractivity contribution in [3.8, 4) is 5.75 Å². The molecule has 2 N–H and O–H groups in total. The minimum atomic E-state index is 0.193. The fourth-order valence-corrected chi connectivity index (χ4v) is 3.82. The second kappa shape index (κ2) is 11.7. The molecule has 0 aliphatic carbocycles. The maximum atomic E-state index is 5.64. The van der Waals surface area contributed by atoms with Gasteiger partial charge < -0.3 is 19.9 Å². The number of likely N-dealkylation sites (tertiary alicyclic amines) is 1. The molecule has 1 aromatic carbocycles. The number of hydrogen-bond donors (Lipinski definition) is 2. The first-order chi connectivity index (χ1) is 15.1. The van der Waals surface area contributed by atoms with Crippen LogP contribution in [-0.4, -0.2) is 60.8 Å². The van der Waals surface area contributed by atoms with E-state index >= 15 is 0 Å². The normalized spacial score (nSPS) is 16.0. The molecule has 0 spiro atoms. The van der Waals surface area contributed by atoms with Crippen LogP contribution in [0.5, 0.6) is 5.75 Å². The molecule has 2 heterocycles. The number of hydrogen-bond acceptors (Lipinski definition) is 6. The lowest BCUT2D eigenvalue weighted by molar-refractivity contribution is 0.245. The molecule has 0 radical (unpaired) electrons. The monoisotopic (exact) mass is 428 g/mol. The summed E-state index contributed by atoms with van der Waals surface area (Å²) in [7, 11) is 1.73. The minimum absolute atomic E-state index is 0.193. The van der Waals surface area contributed by atoms with E-state index in [4.69, 9.17) is 14.3 Å². The first-order valence-corrected chi connectivity index (χ1v) is 11.3. The summed E-state index contributed by atoms with van der Waals surface area (Å²) in [6, 6.07) is 8.46. The number of rotatable bonds is 10. The molecule has 31 heavy (non-hydrogen) atoms. The molecular weight excluding hydrogens is 392 g/mol. The zero-order valence-electron chi connectivity index (χ0n) is 19.2. The molecule has 1 saturated heterocycles. The van der Waals surface area contributed by atoms with E-state index in [1.54, 1.807) is 7.11 Å². The molecule has 8 heteroatoms. The Bertz CT molecular complexity index is 829. The van der Waals surface area contributed by atoms with Crippen LogP contribution in [0.3, 0.4) is 0 Å². The quantitative estimate of drug-likeness (QED) is 0.444. The maximum absolute atomic E-state index is 5.64. The summed E-state index contributed by atoms with van der Waals surface area (Å²) >= 11 is 0. The third-order valence-electron chi connectivity index (χ3n) is 5.48. The maximum Gasteiger partial charge on any atom is 0.228 e. The summed E-state index contributed by atoms with van der Waals surface area (Å²) in [4.78, 5) is 11.9. The van der Waals surface area contributed by atoms with Crippen molar-refractivity contribution < 1.29 is 9.26 Å². The van der Waals surface area contributed by atoms with E-state index in [1.807, 2.05) is 12.1 Å². The van der Waals surface area contributed by atoms with Crippen molar-refractivity contribution in [2.24, 2.45) is 4.99 Å². The Morgan fingerprint density at radius 1 is 1.23 bits per heavy atom. The average Bonchev–Trinajstić information content (AvgIpc) is 3.47. The van der Waals surface area contributed by atoms with Crippen LogP contribution in [0.1, 0.15) is 62.9 Å². The Balaban J connectivity index is 1.66. The van der Waals surface area contributed by atoms with Gasteiger partial charge in [0, 0.05) is 31.0 Å². The number of para-hydroxylation sites is 1. The molecule has 8 nitrogen and oxygen atoms in total. The first kappa shape index (κ1) is 23.1. The summed E-state index contributed by atoms with van der Waals surface area (Å²) < 4.78 is 11.0. The molecule has 1 atom stereocenters. The number of benzene rings is 1. The highest BCUT2D eigenvalue weighted by Gasteiger charge is 2.25. The fourth-order valence-electron chi connectivity index (χ4n) is 3.82. The van der Waals surface area contributed by atoms with Crippen molar-refractivity contribution in [1.29, 1.82) is 0 Å². The van der Waals surface area contributed by atoms with Crippen LogP contribution in [0, 0.1) is 0 Å². The van der Waals surface area contributed by atoms with Crippen LogP contribution < -0.4 is 15.4 Å². The van der Waals surface area contributed by atoms with E-state index in [-0.39, 0.29) is 12.0 Å². The lowest BCUT2D eigenvalue weighted by Gasteiger charge is -2.28. The van der Waals surface area contributed by atoms with Gasteiger partial charge in [-0.25, -0.2) is 0 Å². The van der Waals surface area contributed by atoms with Gasteiger partial charge in [-0.1, -0.05) is 37.2 Å². The van der Waals surface area contributed by atoms with Gasteiger partial charge in [0.05, 0.1) is 19.7 Å². The van der Waals surface area contributed by atoms with Gasteiger partial charge in [-0.15, -0.1) is 0 Å². The van der Waals surface area contributed by atoms with Crippen molar-refractivity contribution in [2.75, 3.05) is 39.8 Å². The summed E-state index contributed by atoms with van der Waals surface area (Å²) in [5.41, 5.74) is 1.19. The van der Waals surface area contributed by atoms with Crippen molar-refractivity contribution in [3.05, 3.63) is 41.5 Å². The minimum Gasteiger partial charge on any atom is -0.496 e. The molecule has 1 aliphatic rings. The van der Waals surface area contributed by atoms with E-state index in [2.05, 4.69) is 58.6 Å².